The molecule has 0 unspecified atom stereocenters. The van der Waals surface area contributed by atoms with Gasteiger partial charge in [-0.25, -0.2) is 0 Å². The minimum Gasteiger partial charge on any atom is -0.504 e. The topological polar surface area (TPSA) is 47.3 Å². The number of hydrogen-bond acceptors (Lipinski definition) is 3. The van der Waals surface area contributed by atoms with Crippen molar-refractivity contribution in [2.24, 2.45) is 7.05 Å². The van der Waals surface area contributed by atoms with E-state index in [4.69, 9.17) is 4.74 Å². The van der Waals surface area contributed by atoms with E-state index in [1.807, 2.05) is 25.4 Å². The monoisotopic (exact) mass is 204 g/mol. The molecule has 0 aliphatic heterocycles. The average Bonchev–Trinajstić information content (AvgIpc) is 2.63. The molecular weight excluding hydrogens is 192 g/mol. The number of phenolic OH excluding ortho intramolecular Hbond substituents is 1. The maximum atomic E-state index is 9.44. The lowest BCUT2D eigenvalue weighted by atomic mass is 10.3. The van der Waals surface area contributed by atoms with E-state index in [0.717, 1.165) is 5.69 Å². The first-order chi connectivity index (χ1) is 7.25. The number of rotatable bonds is 3. The maximum absolute atomic E-state index is 9.44. The Balaban J connectivity index is 2.02. The summed E-state index contributed by atoms with van der Waals surface area (Å²) in [6.07, 6.45) is 1.85. The van der Waals surface area contributed by atoms with E-state index in [2.05, 4.69) is 5.10 Å². The van der Waals surface area contributed by atoms with E-state index in [9.17, 15) is 5.11 Å². The Labute approximate surface area is 87.7 Å². The lowest BCUT2D eigenvalue weighted by molar-refractivity contribution is 0.284. The Bertz CT molecular complexity index is 451. The second-order valence-electron chi connectivity index (χ2n) is 3.24. The molecule has 0 fully saturated rings. The molecule has 0 radical (unpaired) electrons. The van der Waals surface area contributed by atoms with Crippen LogP contribution in [0.4, 0.5) is 0 Å². The number of phenols is 1. The minimum atomic E-state index is 0.147. The van der Waals surface area contributed by atoms with Crippen LogP contribution in [0.1, 0.15) is 5.69 Å². The second-order valence-corrected chi connectivity index (χ2v) is 3.24. The van der Waals surface area contributed by atoms with E-state index in [1.165, 1.54) is 0 Å². The number of aryl methyl sites for hydroxylation is 1. The number of aromatic hydroxyl groups is 1. The van der Waals surface area contributed by atoms with E-state index < -0.39 is 0 Å². The van der Waals surface area contributed by atoms with Gasteiger partial charge in [0.2, 0.25) is 0 Å². The standard InChI is InChI=1S/C11H12N2O2/c1-13-7-6-9(12-13)8-15-11-5-3-2-4-10(11)14/h2-7,14H,8H2,1H3. The van der Waals surface area contributed by atoms with E-state index in [0.29, 0.717) is 12.4 Å². The second kappa shape index (κ2) is 4.04. The van der Waals surface area contributed by atoms with Gasteiger partial charge in [-0.3, -0.25) is 4.68 Å². The highest BCUT2D eigenvalue weighted by Gasteiger charge is 2.02. The summed E-state index contributed by atoms with van der Waals surface area (Å²) in [5, 5.41) is 13.6. The molecule has 15 heavy (non-hydrogen) atoms. The fourth-order valence-corrected chi connectivity index (χ4v) is 1.27. The fourth-order valence-electron chi connectivity index (χ4n) is 1.27. The van der Waals surface area contributed by atoms with E-state index >= 15 is 0 Å². The molecule has 2 aromatic rings. The number of hydrogen-bond donors (Lipinski definition) is 1. The zero-order valence-electron chi connectivity index (χ0n) is 8.42. The van der Waals surface area contributed by atoms with Gasteiger partial charge in [0, 0.05) is 13.2 Å². The highest BCUT2D eigenvalue weighted by molar-refractivity contribution is 5.37. The Morgan fingerprint density at radius 2 is 2.13 bits per heavy atom. The van der Waals surface area contributed by atoms with Gasteiger partial charge in [0.25, 0.3) is 0 Å². The van der Waals surface area contributed by atoms with Gasteiger partial charge in [-0.1, -0.05) is 12.1 Å². The van der Waals surface area contributed by atoms with Crippen LogP contribution in [-0.4, -0.2) is 14.9 Å². The summed E-state index contributed by atoms with van der Waals surface area (Å²) in [6.45, 7) is 0.360. The highest BCUT2D eigenvalue weighted by Crippen LogP contribution is 2.24. The Morgan fingerprint density at radius 3 is 2.80 bits per heavy atom. The van der Waals surface area contributed by atoms with Gasteiger partial charge in [-0.2, -0.15) is 5.10 Å². The molecule has 1 aromatic heterocycles. The van der Waals surface area contributed by atoms with E-state index in [-0.39, 0.29) is 5.75 Å². The van der Waals surface area contributed by atoms with Gasteiger partial charge < -0.3 is 9.84 Å². The van der Waals surface area contributed by atoms with Gasteiger partial charge >= 0.3 is 0 Å². The van der Waals surface area contributed by atoms with Crippen LogP contribution in [-0.2, 0) is 13.7 Å². The summed E-state index contributed by atoms with van der Waals surface area (Å²) in [7, 11) is 1.85. The zero-order chi connectivity index (χ0) is 10.7. The van der Waals surface area contributed by atoms with Crippen molar-refractivity contribution in [2.45, 2.75) is 6.61 Å². The van der Waals surface area contributed by atoms with E-state index in [1.54, 1.807) is 22.9 Å². The molecule has 0 saturated heterocycles. The van der Waals surface area contributed by atoms with Crippen molar-refractivity contribution >= 4 is 0 Å². The van der Waals surface area contributed by atoms with Gasteiger partial charge in [0.05, 0.1) is 5.69 Å². The molecule has 78 valence electrons. The molecular formula is C11H12N2O2. The SMILES string of the molecule is Cn1ccc(COc2ccccc2O)n1. The van der Waals surface area contributed by atoms with Crippen molar-refractivity contribution in [3.63, 3.8) is 0 Å². The number of ether oxygens (including phenoxy) is 1. The molecule has 1 heterocycles. The summed E-state index contributed by atoms with van der Waals surface area (Å²) >= 11 is 0. The van der Waals surface area contributed by atoms with Crippen LogP contribution in [0.2, 0.25) is 0 Å². The third-order valence-electron chi connectivity index (χ3n) is 2.01. The van der Waals surface area contributed by atoms with Crippen molar-refractivity contribution in [3.05, 3.63) is 42.2 Å². The average molecular weight is 204 g/mol. The summed E-state index contributed by atoms with van der Waals surface area (Å²) in [6, 6.07) is 8.75. The lowest BCUT2D eigenvalue weighted by Gasteiger charge is -2.05. The van der Waals surface area contributed by atoms with Crippen molar-refractivity contribution in [1.29, 1.82) is 0 Å². The molecule has 0 saturated carbocycles. The smallest absolute Gasteiger partial charge is 0.161 e. The molecule has 0 atom stereocenters. The molecule has 4 nitrogen and oxygen atoms in total. The largest absolute Gasteiger partial charge is 0.504 e. The van der Waals surface area contributed by atoms with Crippen molar-refractivity contribution < 1.29 is 9.84 Å². The van der Waals surface area contributed by atoms with Crippen molar-refractivity contribution in [2.75, 3.05) is 0 Å². The highest BCUT2D eigenvalue weighted by atomic mass is 16.5. The molecule has 2 rings (SSSR count). The number of aromatic nitrogens is 2. The van der Waals surface area contributed by atoms with Crippen LogP contribution in [0.25, 0.3) is 0 Å². The molecule has 1 N–H and O–H groups in total. The zero-order valence-corrected chi connectivity index (χ0v) is 8.42. The summed E-state index contributed by atoms with van der Waals surface area (Å²) < 4.78 is 7.12. The maximum Gasteiger partial charge on any atom is 0.161 e. The van der Waals surface area contributed by atoms with Gasteiger partial charge in [0.1, 0.15) is 6.61 Å². The summed E-state index contributed by atoms with van der Waals surface area (Å²) in [5.74, 6) is 0.622. The minimum absolute atomic E-state index is 0.147. The molecule has 0 spiro atoms. The van der Waals surface area contributed by atoms with Gasteiger partial charge in [-0.15, -0.1) is 0 Å². The number of para-hydroxylation sites is 2. The predicted molar refractivity (Wildman–Crippen MR) is 55.6 cm³/mol. The van der Waals surface area contributed by atoms with Gasteiger partial charge in [-0.05, 0) is 18.2 Å². The lowest BCUT2D eigenvalue weighted by Crippen LogP contribution is -1.97. The quantitative estimate of drug-likeness (QED) is 0.827. The summed E-state index contributed by atoms with van der Waals surface area (Å²) in [4.78, 5) is 0. The Hall–Kier alpha value is -1.97. The van der Waals surface area contributed by atoms with Crippen LogP contribution in [0.5, 0.6) is 11.5 Å². The molecule has 0 bridgehead atoms. The Morgan fingerprint density at radius 1 is 1.33 bits per heavy atom. The molecule has 0 amide bonds. The predicted octanol–water partition coefficient (Wildman–Crippen LogP) is 1.70. The van der Waals surface area contributed by atoms with Gasteiger partial charge in [0.15, 0.2) is 11.5 Å². The first kappa shape index (κ1) is 9.58. The van der Waals surface area contributed by atoms with Crippen LogP contribution in [0.15, 0.2) is 36.5 Å². The normalized spacial score (nSPS) is 10.2. The first-order valence-electron chi connectivity index (χ1n) is 4.65. The van der Waals surface area contributed by atoms with Crippen LogP contribution in [0.3, 0.4) is 0 Å². The number of nitrogens with zero attached hydrogens (tertiary/aromatic N) is 2. The summed E-state index contributed by atoms with van der Waals surface area (Å²) in [5.41, 5.74) is 0.834. The van der Waals surface area contributed by atoms with Crippen molar-refractivity contribution in [1.82, 2.24) is 9.78 Å². The molecule has 1 aromatic carbocycles. The van der Waals surface area contributed by atoms with Crippen LogP contribution >= 0.6 is 0 Å². The van der Waals surface area contributed by atoms with Crippen LogP contribution in [0, 0.1) is 0 Å². The van der Waals surface area contributed by atoms with Crippen LogP contribution < -0.4 is 4.74 Å². The Kier molecular flexibility index (Phi) is 2.58. The third kappa shape index (κ3) is 2.28. The molecule has 0 aliphatic rings. The van der Waals surface area contributed by atoms with Crippen molar-refractivity contribution in [3.8, 4) is 11.5 Å². The fraction of sp³-hybridized carbons (Fsp3) is 0.182. The molecule has 0 aliphatic carbocycles. The molecule has 4 heteroatoms. The third-order valence-corrected chi connectivity index (χ3v) is 2.01. The first-order valence-corrected chi connectivity index (χ1v) is 4.65. The number of benzene rings is 1.